The molecule has 1 aromatic rings. The van der Waals surface area contributed by atoms with Gasteiger partial charge in [-0.3, -0.25) is 4.90 Å². The third kappa shape index (κ3) is 3.51. The van der Waals surface area contributed by atoms with Gasteiger partial charge in [0.15, 0.2) is 0 Å². The Morgan fingerprint density at radius 3 is 2.55 bits per heavy atom. The molecule has 1 heterocycles. The highest BCUT2D eigenvalue weighted by Gasteiger charge is 2.37. The normalized spacial score (nSPS) is 18.9. The van der Waals surface area contributed by atoms with Crippen LogP contribution in [0.4, 0.5) is 4.79 Å². The molecule has 1 aromatic carbocycles. The monoisotopic (exact) mass is 276 g/mol. The molecule has 1 aliphatic rings. The Morgan fingerprint density at radius 2 is 1.95 bits per heavy atom. The quantitative estimate of drug-likeness (QED) is 0.851. The summed E-state index contributed by atoms with van der Waals surface area (Å²) in [6, 6.07) is 9.79. The Kier molecular flexibility index (Phi) is 4.65. The number of benzene rings is 1. The highest BCUT2D eigenvalue weighted by molar-refractivity contribution is 5.69. The molecule has 1 fully saturated rings. The van der Waals surface area contributed by atoms with Crippen molar-refractivity contribution in [3.63, 3.8) is 0 Å². The van der Waals surface area contributed by atoms with Gasteiger partial charge in [-0.25, -0.2) is 4.79 Å². The summed E-state index contributed by atoms with van der Waals surface area (Å²) in [5.41, 5.74) is 0.841. The van der Waals surface area contributed by atoms with Gasteiger partial charge >= 0.3 is 6.09 Å². The van der Waals surface area contributed by atoms with Crippen molar-refractivity contribution in [3.8, 4) is 0 Å². The summed E-state index contributed by atoms with van der Waals surface area (Å²) in [6.07, 6.45) is -0.213. The van der Waals surface area contributed by atoms with Crippen molar-refractivity contribution >= 4 is 6.09 Å². The largest absolute Gasteiger partial charge is 0.445 e. The maximum absolute atomic E-state index is 12.3. The molecule has 2 rings (SSSR count). The molecule has 0 spiro atoms. The zero-order valence-electron chi connectivity index (χ0n) is 12.6. The van der Waals surface area contributed by atoms with Crippen LogP contribution in [0.1, 0.15) is 26.3 Å². The van der Waals surface area contributed by atoms with Gasteiger partial charge in [0.05, 0.1) is 5.54 Å². The Bertz CT molecular complexity index is 445. The summed E-state index contributed by atoms with van der Waals surface area (Å²) in [7, 11) is 0. The minimum atomic E-state index is -0.213. The lowest BCUT2D eigenvalue weighted by atomic mass is 9.99. The number of carbonyl (C=O) groups excluding carboxylic acids is 1. The molecule has 1 amide bonds. The average Bonchev–Trinajstić information content (AvgIpc) is 2.44. The number of rotatable bonds is 3. The summed E-state index contributed by atoms with van der Waals surface area (Å²) in [5, 5.41) is 0. The first kappa shape index (κ1) is 14.9. The Labute approximate surface area is 121 Å². The third-order valence-corrected chi connectivity index (χ3v) is 3.85. The second-order valence-electron chi connectivity index (χ2n) is 5.87. The van der Waals surface area contributed by atoms with Crippen molar-refractivity contribution in [2.24, 2.45) is 0 Å². The predicted octanol–water partition coefficient (Wildman–Crippen LogP) is 2.74. The Hall–Kier alpha value is -1.55. The molecule has 1 saturated heterocycles. The smallest absolute Gasteiger partial charge is 0.410 e. The van der Waals surface area contributed by atoms with Crippen molar-refractivity contribution in [2.75, 3.05) is 26.2 Å². The first-order valence-corrected chi connectivity index (χ1v) is 7.23. The van der Waals surface area contributed by atoms with Crippen LogP contribution in [0.25, 0.3) is 0 Å². The summed E-state index contributed by atoms with van der Waals surface area (Å²) >= 11 is 0. The van der Waals surface area contributed by atoms with Crippen LogP contribution < -0.4 is 0 Å². The Balaban J connectivity index is 1.92. The minimum absolute atomic E-state index is 0.179. The van der Waals surface area contributed by atoms with Crippen molar-refractivity contribution in [3.05, 3.63) is 35.9 Å². The molecular weight excluding hydrogens is 252 g/mol. The van der Waals surface area contributed by atoms with E-state index in [1.165, 1.54) is 0 Å². The molecule has 1 aliphatic heterocycles. The maximum Gasteiger partial charge on any atom is 0.410 e. The fourth-order valence-corrected chi connectivity index (χ4v) is 2.66. The van der Waals surface area contributed by atoms with Crippen LogP contribution in [-0.4, -0.2) is 47.6 Å². The van der Waals surface area contributed by atoms with Gasteiger partial charge < -0.3 is 9.64 Å². The minimum Gasteiger partial charge on any atom is -0.445 e. The van der Waals surface area contributed by atoms with Crippen molar-refractivity contribution in [1.82, 2.24) is 9.80 Å². The molecule has 20 heavy (non-hydrogen) atoms. The molecule has 0 bridgehead atoms. The highest BCUT2D eigenvalue weighted by Crippen LogP contribution is 2.22. The first-order valence-electron chi connectivity index (χ1n) is 7.23. The van der Waals surface area contributed by atoms with Crippen LogP contribution in [0.3, 0.4) is 0 Å². The number of ether oxygens (including phenoxy) is 1. The molecule has 4 heteroatoms. The van der Waals surface area contributed by atoms with Gasteiger partial charge in [0.1, 0.15) is 6.61 Å². The number of amides is 1. The standard InChI is InChI=1S/C16H24N2O2/c1-4-17-10-11-18(16(2,3)13-17)15(19)20-12-14-8-6-5-7-9-14/h5-9H,4,10-13H2,1-3H3. The van der Waals surface area contributed by atoms with E-state index in [0.717, 1.165) is 31.7 Å². The van der Waals surface area contributed by atoms with Gasteiger partial charge in [-0.2, -0.15) is 0 Å². The zero-order valence-corrected chi connectivity index (χ0v) is 12.6. The topological polar surface area (TPSA) is 32.8 Å². The van der Waals surface area contributed by atoms with E-state index in [0.29, 0.717) is 6.61 Å². The molecule has 0 atom stereocenters. The highest BCUT2D eigenvalue weighted by atomic mass is 16.6. The van der Waals surface area contributed by atoms with Gasteiger partial charge in [-0.1, -0.05) is 37.3 Å². The summed E-state index contributed by atoms with van der Waals surface area (Å²) in [5.74, 6) is 0. The zero-order chi connectivity index (χ0) is 14.6. The maximum atomic E-state index is 12.3. The van der Waals surface area contributed by atoms with E-state index >= 15 is 0 Å². The van der Waals surface area contributed by atoms with Gasteiger partial charge in [-0.15, -0.1) is 0 Å². The van der Waals surface area contributed by atoms with Crippen LogP contribution in [-0.2, 0) is 11.3 Å². The van der Waals surface area contributed by atoms with E-state index in [4.69, 9.17) is 4.74 Å². The lowest BCUT2D eigenvalue weighted by Crippen LogP contribution is -2.60. The third-order valence-electron chi connectivity index (χ3n) is 3.85. The van der Waals surface area contributed by atoms with Crippen LogP contribution >= 0.6 is 0 Å². The molecule has 110 valence electrons. The average molecular weight is 276 g/mol. The number of nitrogens with zero attached hydrogens (tertiary/aromatic N) is 2. The lowest BCUT2D eigenvalue weighted by Gasteiger charge is -2.46. The van der Waals surface area contributed by atoms with Crippen LogP contribution in [0.2, 0.25) is 0 Å². The second-order valence-corrected chi connectivity index (χ2v) is 5.87. The number of hydrogen-bond acceptors (Lipinski definition) is 3. The summed E-state index contributed by atoms with van der Waals surface area (Å²) in [4.78, 5) is 16.5. The van der Waals surface area contributed by atoms with Crippen LogP contribution in [0.5, 0.6) is 0 Å². The molecule has 0 aliphatic carbocycles. The summed E-state index contributed by atoms with van der Waals surface area (Å²) < 4.78 is 5.44. The fourth-order valence-electron chi connectivity index (χ4n) is 2.66. The number of carbonyl (C=O) groups is 1. The van der Waals surface area contributed by atoms with Gasteiger partial charge in [0.25, 0.3) is 0 Å². The number of likely N-dealkylation sites (N-methyl/N-ethyl adjacent to an activating group) is 1. The van der Waals surface area contributed by atoms with Gasteiger partial charge in [0.2, 0.25) is 0 Å². The Morgan fingerprint density at radius 1 is 1.25 bits per heavy atom. The fraction of sp³-hybridized carbons (Fsp3) is 0.562. The SMILES string of the molecule is CCN1CCN(C(=O)OCc2ccccc2)C(C)(C)C1. The molecule has 0 unspecified atom stereocenters. The predicted molar refractivity (Wildman–Crippen MR) is 79.5 cm³/mol. The van der Waals surface area contributed by atoms with E-state index in [1.54, 1.807) is 0 Å². The summed E-state index contributed by atoms with van der Waals surface area (Å²) in [6.45, 7) is 10.2. The van der Waals surface area contributed by atoms with Gasteiger partial charge in [0, 0.05) is 19.6 Å². The van der Waals surface area contributed by atoms with E-state index in [1.807, 2.05) is 35.2 Å². The van der Waals surface area contributed by atoms with E-state index < -0.39 is 0 Å². The lowest BCUT2D eigenvalue weighted by molar-refractivity contribution is 0.01000. The van der Waals surface area contributed by atoms with Crippen molar-refractivity contribution in [2.45, 2.75) is 32.9 Å². The molecule has 0 N–H and O–H groups in total. The van der Waals surface area contributed by atoms with E-state index in [-0.39, 0.29) is 11.6 Å². The molecule has 0 saturated carbocycles. The van der Waals surface area contributed by atoms with Crippen molar-refractivity contribution in [1.29, 1.82) is 0 Å². The van der Waals surface area contributed by atoms with Crippen molar-refractivity contribution < 1.29 is 9.53 Å². The van der Waals surface area contributed by atoms with Crippen LogP contribution in [0.15, 0.2) is 30.3 Å². The molecule has 0 aromatic heterocycles. The van der Waals surface area contributed by atoms with E-state index in [9.17, 15) is 4.79 Å². The van der Waals surface area contributed by atoms with Crippen LogP contribution in [0, 0.1) is 0 Å². The van der Waals surface area contributed by atoms with E-state index in [2.05, 4.69) is 25.7 Å². The molecule has 4 nitrogen and oxygen atoms in total. The first-order chi connectivity index (χ1) is 9.53. The van der Waals surface area contributed by atoms with Gasteiger partial charge in [-0.05, 0) is 26.0 Å². The number of piperazine rings is 1. The molecular formula is C16H24N2O2. The number of hydrogen-bond donors (Lipinski definition) is 0. The second kappa shape index (κ2) is 6.27. The molecule has 0 radical (unpaired) electrons.